The number of nitriles is 1. The minimum Gasteiger partial charge on any atom is -0.354 e. The third kappa shape index (κ3) is 5.72. The van der Waals surface area contributed by atoms with Crippen LogP contribution in [-0.4, -0.2) is 25.0 Å². The van der Waals surface area contributed by atoms with E-state index in [-0.39, 0.29) is 5.91 Å². The van der Waals surface area contributed by atoms with Crippen LogP contribution in [0.2, 0.25) is 0 Å². The lowest BCUT2D eigenvalue weighted by Gasteiger charge is -2.16. The molecule has 0 heterocycles. The van der Waals surface area contributed by atoms with Crippen LogP contribution >= 0.6 is 0 Å². The van der Waals surface area contributed by atoms with Crippen LogP contribution in [0.15, 0.2) is 0 Å². The third-order valence-corrected chi connectivity index (χ3v) is 2.92. The highest BCUT2D eigenvalue weighted by Crippen LogP contribution is 2.33. The number of rotatable bonds is 8. The van der Waals surface area contributed by atoms with Crippen LogP contribution in [0, 0.1) is 17.2 Å². The fraction of sp³-hybridized carbons (Fsp3) is 0.833. The molecule has 0 saturated heterocycles. The van der Waals surface area contributed by atoms with Gasteiger partial charge in [-0.15, -0.1) is 0 Å². The Morgan fingerprint density at radius 1 is 1.56 bits per heavy atom. The Kier molecular flexibility index (Phi) is 5.87. The van der Waals surface area contributed by atoms with E-state index < -0.39 is 0 Å². The molecular weight excluding hydrogens is 202 g/mol. The van der Waals surface area contributed by atoms with Crippen molar-refractivity contribution in [2.45, 2.75) is 45.1 Å². The Hall–Kier alpha value is -1.08. The van der Waals surface area contributed by atoms with Gasteiger partial charge in [0.25, 0.3) is 0 Å². The fourth-order valence-electron chi connectivity index (χ4n) is 1.71. The summed E-state index contributed by atoms with van der Waals surface area (Å²) in [6, 6.07) is 2.47. The van der Waals surface area contributed by atoms with Gasteiger partial charge >= 0.3 is 0 Å². The highest BCUT2D eigenvalue weighted by molar-refractivity contribution is 5.77. The maximum absolute atomic E-state index is 11.4. The van der Waals surface area contributed by atoms with E-state index in [0.29, 0.717) is 25.6 Å². The molecule has 16 heavy (non-hydrogen) atoms. The average molecular weight is 223 g/mol. The number of nitrogens with one attached hydrogen (secondary N) is 2. The average Bonchev–Trinajstić information content (AvgIpc) is 3.08. The highest BCUT2D eigenvalue weighted by atomic mass is 16.1. The quantitative estimate of drug-likeness (QED) is 0.607. The first-order valence-electron chi connectivity index (χ1n) is 6.13. The highest BCUT2D eigenvalue weighted by Gasteiger charge is 2.24. The lowest BCUT2D eigenvalue weighted by molar-refractivity contribution is -0.120. The predicted molar refractivity (Wildman–Crippen MR) is 62.7 cm³/mol. The molecule has 0 spiro atoms. The predicted octanol–water partition coefficient (Wildman–Crippen LogP) is 1.18. The van der Waals surface area contributed by atoms with Crippen LogP contribution in [0.25, 0.3) is 0 Å². The van der Waals surface area contributed by atoms with Gasteiger partial charge in [0, 0.05) is 12.6 Å². The van der Waals surface area contributed by atoms with Gasteiger partial charge in [-0.1, -0.05) is 19.8 Å². The number of carbonyl (C=O) groups excluding carboxylic acids is 1. The molecule has 90 valence electrons. The number of hydrogen-bond acceptors (Lipinski definition) is 3. The van der Waals surface area contributed by atoms with Crippen molar-refractivity contribution in [2.75, 3.05) is 13.1 Å². The van der Waals surface area contributed by atoms with Gasteiger partial charge in [0.05, 0.1) is 19.0 Å². The van der Waals surface area contributed by atoms with Gasteiger partial charge in [-0.05, 0) is 18.8 Å². The van der Waals surface area contributed by atoms with Crippen LogP contribution in [-0.2, 0) is 4.79 Å². The van der Waals surface area contributed by atoms with E-state index in [1.807, 2.05) is 6.07 Å². The molecule has 1 rings (SSSR count). The minimum absolute atomic E-state index is 0.00973. The maximum atomic E-state index is 11.4. The number of nitrogens with zero attached hydrogens (tertiary/aromatic N) is 1. The van der Waals surface area contributed by atoms with E-state index in [2.05, 4.69) is 17.6 Å². The second kappa shape index (κ2) is 7.24. The molecule has 0 aromatic carbocycles. The van der Waals surface area contributed by atoms with Gasteiger partial charge in [0.1, 0.15) is 0 Å². The summed E-state index contributed by atoms with van der Waals surface area (Å²) in [6.45, 7) is 2.97. The molecule has 0 bridgehead atoms. The van der Waals surface area contributed by atoms with Crippen molar-refractivity contribution in [1.82, 2.24) is 10.6 Å². The van der Waals surface area contributed by atoms with Crippen molar-refractivity contribution in [1.29, 1.82) is 5.26 Å². The molecule has 4 heteroatoms. The summed E-state index contributed by atoms with van der Waals surface area (Å²) in [7, 11) is 0. The summed E-state index contributed by atoms with van der Waals surface area (Å²) < 4.78 is 0. The van der Waals surface area contributed by atoms with Crippen molar-refractivity contribution in [3.8, 4) is 6.07 Å². The molecule has 1 saturated carbocycles. The fourth-order valence-corrected chi connectivity index (χ4v) is 1.71. The van der Waals surface area contributed by atoms with Gasteiger partial charge in [-0.2, -0.15) is 5.26 Å². The Labute approximate surface area is 97.4 Å². The van der Waals surface area contributed by atoms with E-state index in [1.165, 1.54) is 19.3 Å². The van der Waals surface area contributed by atoms with Crippen molar-refractivity contribution in [2.24, 2.45) is 5.92 Å². The lowest BCUT2D eigenvalue weighted by atomic mass is 10.1. The van der Waals surface area contributed by atoms with Crippen LogP contribution in [0.3, 0.4) is 0 Å². The second-order valence-electron chi connectivity index (χ2n) is 4.42. The first-order valence-corrected chi connectivity index (χ1v) is 6.13. The smallest absolute Gasteiger partial charge is 0.233 e. The molecule has 0 aliphatic heterocycles. The first-order chi connectivity index (χ1) is 7.76. The Balaban J connectivity index is 2.06. The molecule has 0 radical (unpaired) electrons. The van der Waals surface area contributed by atoms with Gasteiger partial charge in [-0.3, -0.25) is 4.79 Å². The summed E-state index contributed by atoms with van der Waals surface area (Å²) in [4.78, 5) is 11.4. The standard InChI is InChI=1S/C12H21N3O/c1-2-11(8-10-4-5-10)15-9-12(16)14-7-3-6-13/h10-11,15H,2-5,7-9H2,1H3,(H,14,16). The van der Waals surface area contributed by atoms with Crippen LogP contribution in [0.5, 0.6) is 0 Å². The summed E-state index contributed by atoms with van der Waals surface area (Å²) >= 11 is 0. The van der Waals surface area contributed by atoms with Crippen LogP contribution in [0.4, 0.5) is 0 Å². The van der Waals surface area contributed by atoms with Gasteiger partial charge in [-0.25, -0.2) is 0 Å². The van der Waals surface area contributed by atoms with Gasteiger partial charge < -0.3 is 10.6 Å². The molecule has 0 aromatic rings. The van der Waals surface area contributed by atoms with Crippen LogP contribution < -0.4 is 10.6 Å². The van der Waals surface area contributed by atoms with E-state index in [4.69, 9.17) is 5.26 Å². The Morgan fingerprint density at radius 3 is 2.88 bits per heavy atom. The van der Waals surface area contributed by atoms with E-state index in [0.717, 1.165) is 12.3 Å². The zero-order chi connectivity index (χ0) is 11.8. The van der Waals surface area contributed by atoms with Crippen molar-refractivity contribution < 1.29 is 4.79 Å². The summed E-state index contributed by atoms with van der Waals surface area (Å²) in [5.74, 6) is 0.878. The molecular formula is C12H21N3O. The number of hydrogen-bond donors (Lipinski definition) is 2. The Morgan fingerprint density at radius 2 is 2.31 bits per heavy atom. The third-order valence-electron chi connectivity index (χ3n) is 2.92. The zero-order valence-electron chi connectivity index (χ0n) is 9.96. The molecule has 1 atom stereocenters. The number of amides is 1. The van der Waals surface area contributed by atoms with Gasteiger partial charge in [0.15, 0.2) is 0 Å². The second-order valence-corrected chi connectivity index (χ2v) is 4.42. The van der Waals surface area contributed by atoms with E-state index >= 15 is 0 Å². The molecule has 1 unspecified atom stereocenters. The topological polar surface area (TPSA) is 64.9 Å². The molecule has 1 amide bonds. The molecule has 1 aliphatic carbocycles. The van der Waals surface area contributed by atoms with E-state index in [9.17, 15) is 4.79 Å². The van der Waals surface area contributed by atoms with E-state index in [1.54, 1.807) is 0 Å². The zero-order valence-corrected chi connectivity index (χ0v) is 9.96. The molecule has 1 fully saturated rings. The number of carbonyl (C=O) groups is 1. The van der Waals surface area contributed by atoms with Crippen LogP contribution in [0.1, 0.15) is 39.0 Å². The molecule has 1 aliphatic rings. The van der Waals surface area contributed by atoms with Gasteiger partial charge in [0.2, 0.25) is 5.91 Å². The summed E-state index contributed by atoms with van der Waals surface area (Å²) in [5, 5.41) is 14.3. The Bertz CT molecular complexity index is 255. The van der Waals surface area contributed by atoms with Crippen molar-refractivity contribution in [3.05, 3.63) is 0 Å². The summed E-state index contributed by atoms with van der Waals surface area (Å²) in [6.07, 6.45) is 5.36. The largest absolute Gasteiger partial charge is 0.354 e. The normalized spacial score (nSPS) is 16.5. The molecule has 4 nitrogen and oxygen atoms in total. The molecule has 2 N–H and O–H groups in total. The lowest BCUT2D eigenvalue weighted by Crippen LogP contribution is -2.39. The minimum atomic E-state index is -0.00973. The van der Waals surface area contributed by atoms with Crippen molar-refractivity contribution >= 4 is 5.91 Å². The summed E-state index contributed by atoms with van der Waals surface area (Å²) in [5.41, 5.74) is 0. The maximum Gasteiger partial charge on any atom is 0.233 e. The SMILES string of the molecule is CCC(CC1CC1)NCC(=O)NCCC#N. The first kappa shape index (κ1) is 13.0. The van der Waals surface area contributed by atoms with Crippen molar-refractivity contribution in [3.63, 3.8) is 0 Å². The monoisotopic (exact) mass is 223 g/mol. The molecule has 0 aromatic heterocycles.